The smallest absolute Gasteiger partial charge is 0.338 e. The number of hydrogen-bond donors (Lipinski definition) is 1. The van der Waals surface area contributed by atoms with Crippen LogP contribution in [-0.4, -0.2) is 17.7 Å². The lowest BCUT2D eigenvalue weighted by Gasteiger charge is -2.04. The molecule has 0 unspecified atom stereocenters. The molecule has 0 aliphatic heterocycles. The highest BCUT2D eigenvalue weighted by atomic mass is 16.5. The lowest BCUT2D eigenvalue weighted by Crippen LogP contribution is -2.03. The van der Waals surface area contributed by atoms with Crippen molar-refractivity contribution in [3.8, 4) is 5.75 Å². The molecular weight excluding hydrogens is 304 g/mol. The Kier molecular flexibility index (Phi) is 4.52. The molecule has 0 saturated heterocycles. The zero-order valence-corrected chi connectivity index (χ0v) is 13.1. The summed E-state index contributed by atoms with van der Waals surface area (Å²) in [5.74, 6) is -0.298. The maximum Gasteiger partial charge on any atom is 0.338 e. The van der Waals surface area contributed by atoms with Gasteiger partial charge in [-0.25, -0.2) is 4.79 Å². The minimum atomic E-state index is -0.368. The molecule has 5 heteroatoms. The maximum atomic E-state index is 11.6. The van der Waals surface area contributed by atoms with Gasteiger partial charge in [-0.1, -0.05) is 30.3 Å². The fourth-order valence-electron chi connectivity index (χ4n) is 2.34. The first-order chi connectivity index (χ1) is 11.7. The van der Waals surface area contributed by atoms with Crippen molar-refractivity contribution in [3.05, 3.63) is 66.2 Å². The van der Waals surface area contributed by atoms with E-state index in [1.165, 1.54) is 0 Å². The van der Waals surface area contributed by atoms with Gasteiger partial charge < -0.3 is 9.84 Å². The van der Waals surface area contributed by atoms with Crippen molar-refractivity contribution >= 4 is 28.1 Å². The fraction of sp³-hybridized carbons (Fsp3) is 0.105. The average molecular weight is 320 g/mol. The number of esters is 1. The Bertz CT molecular complexity index is 902. The lowest BCUT2D eigenvalue weighted by molar-refractivity contribution is 0.0526. The Balaban J connectivity index is 1.89. The number of hydrogen-bond acceptors (Lipinski definition) is 5. The van der Waals surface area contributed by atoms with Gasteiger partial charge in [-0.05, 0) is 42.6 Å². The zero-order valence-electron chi connectivity index (χ0n) is 13.1. The van der Waals surface area contributed by atoms with Crippen LogP contribution in [0.15, 0.2) is 70.9 Å². The molecule has 0 saturated carbocycles. The third kappa shape index (κ3) is 3.25. The van der Waals surface area contributed by atoms with Crippen LogP contribution in [0.25, 0.3) is 10.8 Å². The Morgan fingerprint density at radius 1 is 1.00 bits per heavy atom. The normalized spacial score (nSPS) is 11.0. The summed E-state index contributed by atoms with van der Waals surface area (Å²) in [6, 6.07) is 17.7. The Morgan fingerprint density at radius 3 is 2.50 bits per heavy atom. The number of carbonyl (C=O) groups excluding carboxylic acids is 1. The first-order valence-corrected chi connectivity index (χ1v) is 7.58. The van der Waals surface area contributed by atoms with E-state index in [-0.39, 0.29) is 11.7 Å². The molecule has 0 aliphatic rings. The number of ether oxygens (including phenoxy) is 1. The van der Waals surface area contributed by atoms with Gasteiger partial charge in [0.1, 0.15) is 11.4 Å². The number of benzene rings is 3. The molecule has 5 nitrogen and oxygen atoms in total. The van der Waals surface area contributed by atoms with Crippen LogP contribution in [-0.2, 0) is 4.74 Å². The number of fused-ring (bicyclic) bond motifs is 1. The largest absolute Gasteiger partial charge is 0.506 e. The summed E-state index contributed by atoms with van der Waals surface area (Å²) in [7, 11) is 0. The lowest BCUT2D eigenvalue weighted by atomic mass is 10.1. The van der Waals surface area contributed by atoms with E-state index in [4.69, 9.17) is 4.74 Å². The van der Waals surface area contributed by atoms with Gasteiger partial charge in [0, 0.05) is 5.39 Å². The molecule has 0 spiro atoms. The van der Waals surface area contributed by atoms with Crippen molar-refractivity contribution in [3.63, 3.8) is 0 Å². The van der Waals surface area contributed by atoms with Crippen molar-refractivity contribution in [1.29, 1.82) is 0 Å². The second-order valence-electron chi connectivity index (χ2n) is 5.12. The molecule has 0 fully saturated rings. The Morgan fingerprint density at radius 2 is 1.75 bits per heavy atom. The highest BCUT2D eigenvalue weighted by molar-refractivity contribution is 5.95. The second kappa shape index (κ2) is 6.91. The molecule has 0 amide bonds. The van der Waals surface area contributed by atoms with Crippen molar-refractivity contribution < 1.29 is 14.6 Å². The van der Waals surface area contributed by atoms with Crippen molar-refractivity contribution in [2.75, 3.05) is 6.61 Å². The van der Waals surface area contributed by atoms with Crippen LogP contribution in [0.2, 0.25) is 0 Å². The summed E-state index contributed by atoms with van der Waals surface area (Å²) in [6.45, 7) is 2.10. The van der Waals surface area contributed by atoms with Crippen LogP contribution in [0.1, 0.15) is 17.3 Å². The van der Waals surface area contributed by atoms with Crippen LogP contribution in [0, 0.1) is 0 Å². The second-order valence-corrected chi connectivity index (χ2v) is 5.12. The number of azo groups is 1. The van der Waals surface area contributed by atoms with Gasteiger partial charge in [0.15, 0.2) is 0 Å². The van der Waals surface area contributed by atoms with E-state index in [0.29, 0.717) is 23.5 Å². The first kappa shape index (κ1) is 15.7. The van der Waals surface area contributed by atoms with Gasteiger partial charge in [-0.15, -0.1) is 5.11 Å². The van der Waals surface area contributed by atoms with Crippen LogP contribution in [0.4, 0.5) is 11.4 Å². The van der Waals surface area contributed by atoms with Crippen LogP contribution in [0.3, 0.4) is 0 Å². The molecule has 120 valence electrons. The molecular formula is C19H16N2O3. The van der Waals surface area contributed by atoms with Gasteiger partial charge >= 0.3 is 5.97 Å². The highest BCUT2D eigenvalue weighted by Gasteiger charge is 2.07. The number of rotatable bonds is 4. The molecule has 0 radical (unpaired) electrons. The summed E-state index contributed by atoms with van der Waals surface area (Å²) in [5.41, 5.74) is 1.46. The number of aromatic hydroxyl groups is 1. The topological polar surface area (TPSA) is 71.2 Å². The maximum absolute atomic E-state index is 11.6. The van der Waals surface area contributed by atoms with Crippen molar-refractivity contribution in [1.82, 2.24) is 0 Å². The number of phenols is 1. The van der Waals surface area contributed by atoms with E-state index >= 15 is 0 Å². The van der Waals surface area contributed by atoms with Gasteiger partial charge in [-0.2, -0.15) is 5.11 Å². The zero-order chi connectivity index (χ0) is 16.9. The number of carbonyl (C=O) groups is 1. The van der Waals surface area contributed by atoms with Crippen molar-refractivity contribution in [2.45, 2.75) is 6.92 Å². The molecule has 3 rings (SSSR count). The molecule has 0 heterocycles. The van der Waals surface area contributed by atoms with E-state index in [1.54, 1.807) is 37.3 Å². The molecule has 3 aromatic rings. The average Bonchev–Trinajstić information content (AvgIpc) is 2.61. The quantitative estimate of drug-likeness (QED) is 0.534. The summed E-state index contributed by atoms with van der Waals surface area (Å²) in [4.78, 5) is 11.6. The van der Waals surface area contributed by atoms with Gasteiger partial charge in [-0.3, -0.25) is 0 Å². The van der Waals surface area contributed by atoms with Crippen LogP contribution in [0.5, 0.6) is 5.75 Å². The Labute approximate surface area is 139 Å². The van der Waals surface area contributed by atoms with E-state index < -0.39 is 0 Å². The van der Waals surface area contributed by atoms with E-state index in [9.17, 15) is 9.90 Å². The highest BCUT2D eigenvalue weighted by Crippen LogP contribution is 2.35. The van der Waals surface area contributed by atoms with Crippen LogP contribution >= 0.6 is 0 Å². The first-order valence-electron chi connectivity index (χ1n) is 7.58. The van der Waals surface area contributed by atoms with Gasteiger partial charge in [0.2, 0.25) is 0 Å². The number of phenolic OH excluding ortho intramolecular Hbond substituents is 1. The summed E-state index contributed by atoms with van der Waals surface area (Å²) >= 11 is 0. The molecule has 0 bridgehead atoms. The predicted molar refractivity (Wildman–Crippen MR) is 92.2 cm³/mol. The summed E-state index contributed by atoms with van der Waals surface area (Å²) in [6.07, 6.45) is 0. The molecule has 0 atom stereocenters. The van der Waals surface area contributed by atoms with E-state index in [0.717, 1.165) is 10.8 Å². The SMILES string of the molecule is CCOC(=O)c1ccc(N=Nc2c(O)ccc3ccccc23)cc1. The summed E-state index contributed by atoms with van der Waals surface area (Å²) < 4.78 is 4.93. The van der Waals surface area contributed by atoms with Crippen LogP contribution < -0.4 is 0 Å². The fourth-order valence-corrected chi connectivity index (χ4v) is 2.34. The van der Waals surface area contributed by atoms with E-state index in [2.05, 4.69) is 10.2 Å². The summed E-state index contributed by atoms with van der Waals surface area (Å²) in [5, 5.41) is 20.2. The van der Waals surface area contributed by atoms with Crippen molar-refractivity contribution in [2.24, 2.45) is 10.2 Å². The minimum Gasteiger partial charge on any atom is -0.506 e. The molecule has 0 aliphatic carbocycles. The van der Waals surface area contributed by atoms with Gasteiger partial charge in [0.05, 0.1) is 17.9 Å². The standard InChI is InChI=1S/C19H16N2O3/c1-2-24-19(23)14-7-10-15(11-8-14)20-21-18-16-6-4-3-5-13(16)9-12-17(18)22/h3-12,22H,2H2,1H3. The predicted octanol–water partition coefficient (Wildman–Crippen LogP) is 5.14. The third-order valence-electron chi connectivity index (χ3n) is 3.52. The molecule has 0 aromatic heterocycles. The third-order valence-corrected chi connectivity index (χ3v) is 3.52. The Hall–Kier alpha value is -3.21. The molecule has 1 N–H and O–H groups in total. The van der Waals surface area contributed by atoms with E-state index in [1.807, 2.05) is 30.3 Å². The number of nitrogens with zero attached hydrogens (tertiary/aromatic N) is 2. The molecule has 24 heavy (non-hydrogen) atoms. The molecule has 3 aromatic carbocycles. The minimum absolute atomic E-state index is 0.0700. The monoisotopic (exact) mass is 320 g/mol. The van der Waals surface area contributed by atoms with Gasteiger partial charge in [0.25, 0.3) is 0 Å².